The van der Waals surface area contributed by atoms with Crippen LogP contribution in [0.1, 0.15) is 15.9 Å². The Labute approximate surface area is 177 Å². The number of nitrogens with one attached hydrogen (secondary N) is 1. The number of hydrogen-bond acceptors (Lipinski definition) is 4. The lowest BCUT2D eigenvalue weighted by Crippen LogP contribution is -2.46. The zero-order valence-electron chi connectivity index (χ0n) is 17.5. The third kappa shape index (κ3) is 4.40. The van der Waals surface area contributed by atoms with Gasteiger partial charge in [0, 0.05) is 48.8 Å². The van der Waals surface area contributed by atoms with Gasteiger partial charge in [-0.2, -0.15) is 0 Å². The van der Waals surface area contributed by atoms with E-state index < -0.39 is 0 Å². The molecule has 3 aromatic rings. The molecule has 5 nitrogen and oxygen atoms in total. The number of methoxy groups -OCH3 is 1. The van der Waals surface area contributed by atoms with Crippen LogP contribution in [0.5, 0.6) is 5.75 Å². The Morgan fingerprint density at radius 3 is 2.10 bits per heavy atom. The van der Waals surface area contributed by atoms with Crippen LogP contribution >= 0.6 is 0 Å². The third-order valence-electron chi connectivity index (χ3n) is 5.58. The van der Waals surface area contributed by atoms with Gasteiger partial charge in [0.2, 0.25) is 0 Å². The molecule has 1 fully saturated rings. The Bertz CT molecular complexity index is 992. The Hall–Kier alpha value is -3.47. The Morgan fingerprint density at radius 2 is 1.47 bits per heavy atom. The normalized spacial score (nSPS) is 13.8. The first kappa shape index (κ1) is 19.8. The summed E-state index contributed by atoms with van der Waals surface area (Å²) in [6.07, 6.45) is 0. The predicted octanol–water partition coefficient (Wildman–Crippen LogP) is 4.58. The summed E-state index contributed by atoms with van der Waals surface area (Å²) in [6.45, 7) is 6.13. The molecule has 0 aromatic heterocycles. The summed E-state index contributed by atoms with van der Waals surface area (Å²) in [5.74, 6) is 0.607. The van der Waals surface area contributed by atoms with Crippen LogP contribution in [0.2, 0.25) is 0 Å². The van der Waals surface area contributed by atoms with E-state index in [-0.39, 0.29) is 5.91 Å². The Kier molecular flexibility index (Phi) is 5.89. The zero-order valence-corrected chi connectivity index (χ0v) is 17.5. The first-order chi connectivity index (χ1) is 14.6. The van der Waals surface area contributed by atoms with Gasteiger partial charge in [0.15, 0.2) is 0 Å². The second kappa shape index (κ2) is 8.91. The number of para-hydroxylation sites is 1. The van der Waals surface area contributed by atoms with Crippen molar-refractivity contribution in [2.75, 3.05) is 48.4 Å². The molecule has 0 saturated carbocycles. The summed E-state index contributed by atoms with van der Waals surface area (Å²) in [7, 11) is 1.61. The van der Waals surface area contributed by atoms with Gasteiger partial charge in [0.1, 0.15) is 5.75 Å². The number of anilines is 3. The number of amides is 1. The van der Waals surface area contributed by atoms with Crippen molar-refractivity contribution in [3.05, 3.63) is 83.9 Å². The van der Waals surface area contributed by atoms with E-state index in [2.05, 4.69) is 58.4 Å². The van der Waals surface area contributed by atoms with Gasteiger partial charge >= 0.3 is 0 Å². The van der Waals surface area contributed by atoms with Crippen LogP contribution in [-0.2, 0) is 0 Å². The van der Waals surface area contributed by atoms with Gasteiger partial charge in [-0.1, -0.05) is 18.2 Å². The van der Waals surface area contributed by atoms with E-state index >= 15 is 0 Å². The highest BCUT2D eigenvalue weighted by atomic mass is 16.5. The highest BCUT2D eigenvalue weighted by Crippen LogP contribution is 2.24. The Balaban J connectivity index is 1.34. The standard InChI is InChI=1S/C25H27N3O2/c1-19-5-3-4-6-24(19)28-17-15-27(16-18-28)22-11-9-21(10-12-22)26-25(29)20-7-13-23(30-2)14-8-20/h3-14H,15-18H2,1-2H3,(H,26,29). The van der Waals surface area contributed by atoms with Crippen LogP contribution in [0.3, 0.4) is 0 Å². The smallest absolute Gasteiger partial charge is 0.255 e. The molecular formula is C25H27N3O2. The van der Waals surface area contributed by atoms with Gasteiger partial charge in [-0.25, -0.2) is 0 Å². The average molecular weight is 402 g/mol. The van der Waals surface area contributed by atoms with Crippen LogP contribution in [0.15, 0.2) is 72.8 Å². The minimum absolute atomic E-state index is 0.128. The maximum atomic E-state index is 12.4. The van der Waals surface area contributed by atoms with Crippen molar-refractivity contribution in [3.63, 3.8) is 0 Å². The largest absolute Gasteiger partial charge is 0.497 e. The number of nitrogens with zero attached hydrogens (tertiary/aromatic N) is 2. The molecule has 0 spiro atoms. The second-order valence-electron chi connectivity index (χ2n) is 7.49. The Morgan fingerprint density at radius 1 is 0.833 bits per heavy atom. The van der Waals surface area contributed by atoms with E-state index in [1.807, 2.05) is 12.1 Å². The number of ether oxygens (including phenoxy) is 1. The molecule has 1 amide bonds. The molecule has 0 radical (unpaired) electrons. The second-order valence-corrected chi connectivity index (χ2v) is 7.49. The van der Waals surface area contributed by atoms with Crippen molar-refractivity contribution in [1.82, 2.24) is 0 Å². The SMILES string of the molecule is COc1ccc(C(=O)Nc2ccc(N3CCN(c4ccccc4C)CC3)cc2)cc1. The highest BCUT2D eigenvalue weighted by Gasteiger charge is 2.18. The van der Waals surface area contributed by atoms with Crippen molar-refractivity contribution in [1.29, 1.82) is 0 Å². The number of rotatable bonds is 5. The quantitative estimate of drug-likeness (QED) is 0.680. The lowest BCUT2D eigenvalue weighted by Gasteiger charge is -2.38. The molecule has 1 aliphatic heterocycles. The van der Waals surface area contributed by atoms with Gasteiger partial charge in [-0.05, 0) is 67.1 Å². The summed E-state index contributed by atoms with van der Waals surface area (Å²) >= 11 is 0. The van der Waals surface area contributed by atoms with E-state index in [0.717, 1.165) is 37.6 Å². The molecule has 5 heteroatoms. The summed E-state index contributed by atoms with van der Waals surface area (Å²) in [5.41, 5.74) is 5.23. The summed E-state index contributed by atoms with van der Waals surface area (Å²) in [5, 5.41) is 2.95. The maximum Gasteiger partial charge on any atom is 0.255 e. The van der Waals surface area contributed by atoms with Crippen molar-refractivity contribution in [3.8, 4) is 5.75 Å². The molecule has 1 saturated heterocycles. The molecule has 30 heavy (non-hydrogen) atoms. The summed E-state index contributed by atoms with van der Waals surface area (Å²) in [4.78, 5) is 17.3. The number of carbonyl (C=O) groups excluding carboxylic acids is 1. The fourth-order valence-corrected chi connectivity index (χ4v) is 3.83. The van der Waals surface area contributed by atoms with E-state index in [1.165, 1.54) is 16.9 Å². The molecule has 0 atom stereocenters. The van der Waals surface area contributed by atoms with Crippen LogP contribution < -0.4 is 19.9 Å². The minimum atomic E-state index is -0.128. The lowest BCUT2D eigenvalue weighted by molar-refractivity contribution is 0.102. The topological polar surface area (TPSA) is 44.8 Å². The first-order valence-corrected chi connectivity index (χ1v) is 10.2. The van der Waals surface area contributed by atoms with Gasteiger partial charge in [0.05, 0.1) is 7.11 Å². The van der Waals surface area contributed by atoms with Crippen LogP contribution in [-0.4, -0.2) is 39.2 Å². The highest BCUT2D eigenvalue weighted by molar-refractivity contribution is 6.04. The molecule has 0 unspecified atom stereocenters. The first-order valence-electron chi connectivity index (χ1n) is 10.2. The molecular weight excluding hydrogens is 374 g/mol. The molecule has 1 N–H and O–H groups in total. The number of piperazine rings is 1. The van der Waals surface area contributed by atoms with E-state index in [1.54, 1.807) is 31.4 Å². The van der Waals surface area contributed by atoms with Crippen LogP contribution in [0.4, 0.5) is 17.1 Å². The minimum Gasteiger partial charge on any atom is -0.497 e. The molecule has 154 valence electrons. The number of hydrogen-bond donors (Lipinski definition) is 1. The van der Waals surface area contributed by atoms with Gasteiger partial charge in [0.25, 0.3) is 5.91 Å². The van der Waals surface area contributed by atoms with Crippen molar-refractivity contribution in [2.45, 2.75) is 6.92 Å². The van der Waals surface area contributed by atoms with Crippen LogP contribution in [0, 0.1) is 6.92 Å². The van der Waals surface area contributed by atoms with Crippen LogP contribution in [0.25, 0.3) is 0 Å². The fourth-order valence-electron chi connectivity index (χ4n) is 3.83. The molecule has 0 aliphatic carbocycles. The number of carbonyl (C=O) groups is 1. The van der Waals surface area contributed by atoms with E-state index in [4.69, 9.17) is 4.74 Å². The lowest BCUT2D eigenvalue weighted by atomic mass is 10.1. The van der Waals surface area contributed by atoms with Gasteiger partial charge in [-0.15, -0.1) is 0 Å². The van der Waals surface area contributed by atoms with Gasteiger partial charge in [-0.3, -0.25) is 4.79 Å². The molecule has 0 bridgehead atoms. The van der Waals surface area contributed by atoms with Crippen molar-refractivity contribution < 1.29 is 9.53 Å². The molecule has 1 aliphatic rings. The summed E-state index contributed by atoms with van der Waals surface area (Å²) in [6, 6.07) is 23.7. The monoisotopic (exact) mass is 401 g/mol. The molecule has 3 aromatic carbocycles. The van der Waals surface area contributed by atoms with E-state index in [0.29, 0.717) is 5.56 Å². The molecule has 4 rings (SSSR count). The summed E-state index contributed by atoms with van der Waals surface area (Å²) < 4.78 is 5.14. The fraction of sp³-hybridized carbons (Fsp3) is 0.240. The predicted molar refractivity (Wildman–Crippen MR) is 123 cm³/mol. The number of aryl methyl sites for hydroxylation is 1. The molecule has 1 heterocycles. The van der Waals surface area contributed by atoms with Crippen molar-refractivity contribution in [2.24, 2.45) is 0 Å². The average Bonchev–Trinajstić information content (AvgIpc) is 2.80. The number of benzene rings is 3. The zero-order chi connectivity index (χ0) is 20.9. The van der Waals surface area contributed by atoms with Crippen molar-refractivity contribution >= 4 is 23.0 Å². The maximum absolute atomic E-state index is 12.4. The third-order valence-corrected chi connectivity index (χ3v) is 5.58. The van der Waals surface area contributed by atoms with Gasteiger partial charge < -0.3 is 19.9 Å². The van der Waals surface area contributed by atoms with E-state index in [9.17, 15) is 4.79 Å².